The third kappa shape index (κ3) is 6.55. The van der Waals surface area contributed by atoms with Gasteiger partial charge in [-0.3, -0.25) is 9.59 Å². The number of nitrogens with zero attached hydrogens (tertiary/aromatic N) is 1. The lowest BCUT2D eigenvalue weighted by Crippen LogP contribution is -2.55. The Morgan fingerprint density at radius 3 is 2.47 bits per heavy atom. The maximum absolute atomic E-state index is 13.7. The Morgan fingerprint density at radius 1 is 1.03 bits per heavy atom. The Labute approximate surface area is 220 Å². The SMILES string of the molecule is NC1CCC(N2CCCC[C@H](NC(=O)c3cccc(C(F)(F)F)c3)C2=O)C(CS(=O)(=O)c2ccccc2)C1. The third-order valence-electron chi connectivity index (χ3n) is 7.40. The summed E-state index contributed by atoms with van der Waals surface area (Å²) in [6.07, 6.45) is -1.33. The first-order valence-corrected chi connectivity index (χ1v) is 14.4. The number of carbonyl (C=O) groups excluding carboxylic acids is 2. The van der Waals surface area contributed by atoms with Crippen LogP contribution < -0.4 is 11.1 Å². The zero-order chi connectivity index (χ0) is 27.5. The number of hydrogen-bond donors (Lipinski definition) is 2. The van der Waals surface area contributed by atoms with Crippen molar-refractivity contribution in [2.75, 3.05) is 12.3 Å². The van der Waals surface area contributed by atoms with E-state index in [1.54, 1.807) is 35.2 Å². The maximum Gasteiger partial charge on any atom is 0.416 e. The molecule has 0 aromatic heterocycles. The van der Waals surface area contributed by atoms with Crippen molar-refractivity contribution in [2.45, 2.75) is 67.7 Å². The number of carbonyl (C=O) groups is 2. The van der Waals surface area contributed by atoms with Crippen molar-refractivity contribution in [3.05, 3.63) is 65.7 Å². The van der Waals surface area contributed by atoms with Crippen LogP contribution in [0, 0.1) is 5.92 Å². The molecular weight excluding hydrogens is 519 g/mol. The van der Waals surface area contributed by atoms with Crippen molar-refractivity contribution in [3.8, 4) is 0 Å². The fourth-order valence-electron chi connectivity index (χ4n) is 5.49. The predicted molar refractivity (Wildman–Crippen MR) is 136 cm³/mol. The molecule has 11 heteroatoms. The third-order valence-corrected chi connectivity index (χ3v) is 9.26. The molecule has 0 spiro atoms. The maximum atomic E-state index is 13.7. The minimum atomic E-state index is -4.60. The highest BCUT2D eigenvalue weighted by atomic mass is 32.2. The number of benzene rings is 2. The summed E-state index contributed by atoms with van der Waals surface area (Å²) in [6.45, 7) is 0.413. The van der Waals surface area contributed by atoms with Gasteiger partial charge in [0.25, 0.3) is 5.91 Å². The van der Waals surface area contributed by atoms with Crippen LogP contribution >= 0.6 is 0 Å². The van der Waals surface area contributed by atoms with E-state index in [1.165, 1.54) is 6.07 Å². The average molecular weight is 552 g/mol. The van der Waals surface area contributed by atoms with E-state index in [0.717, 1.165) is 18.2 Å². The largest absolute Gasteiger partial charge is 0.416 e. The number of hydrogen-bond acceptors (Lipinski definition) is 5. The van der Waals surface area contributed by atoms with Gasteiger partial charge in [0.1, 0.15) is 6.04 Å². The molecule has 1 heterocycles. The van der Waals surface area contributed by atoms with Crippen molar-refractivity contribution in [1.82, 2.24) is 10.2 Å². The molecule has 2 fully saturated rings. The number of nitrogens with one attached hydrogen (secondary N) is 1. The van der Waals surface area contributed by atoms with E-state index < -0.39 is 33.5 Å². The number of sulfone groups is 1. The molecule has 0 bridgehead atoms. The lowest BCUT2D eigenvalue weighted by Gasteiger charge is -2.42. The van der Waals surface area contributed by atoms with Crippen LogP contribution in [-0.4, -0.2) is 55.6 Å². The monoisotopic (exact) mass is 551 g/mol. The van der Waals surface area contributed by atoms with Crippen LogP contribution in [0.2, 0.25) is 0 Å². The topological polar surface area (TPSA) is 110 Å². The minimum Gasteiger partial charge on any atom is -0.340 e. The van der Waals surface area contributed by atoms with E-state index in [9.17, 15) is 31.2 Å². The van der Waals surface area contributed by atoms with Gasteiger partial charge in [-0.1, -0.05) is 24.3 Å². The summed E-state index contributed by atoms with van der Waals surface area (Å²) < 4.78 is 65.7. The van der Waals surface area contributed by atoms with Crippen LogP contribution in [0.5, 0.6) is 0 Å². The Kier molecular flexibility index (Phi) is 8.46. The molecule has 7 nitrogen and oxygen atoms in total. The number of likely N-dealkylation sites (tertiary alicyclic amines) is 1. The molecule has 4 atom stereocenters. The van der Waals surface area contributed by atoms with Gasteiger partial charge in [-0.25, -0.2) is 8.42 Å². The Hall–Kier alpha value is -2.92. The molecule has 0 radical (unpaired) electrons. The highest BCUT2D eigenvalue weighted by molar-refractivity contribution is 7.91. The van der Waals surface area contributed by atoms with Gasteiger partial charge in [0.2, 0.25) is 5.91 Å². The standard InChI is InChI=1S/C27H32F3N3O4S/c28-27(29,30)20-8-6-7-18(15-20)25(34)32-23-11-4-5-14-33(26(23)35)24-13-12-21(31)16-19(24)17-38(36,37)22-9-2-1-3-10-22/h1-3,6-10,15,19,21,23-24H,4-5,11-14,16-17,31H2,(H,32,34)/t19?,21?,23-,24?/m0/s1. The molecule has 3 unspecified atom stereocenters. The molecule has 1 aliphatic carbocycles. The van der Waals surface area contributed by atoms with Gasteiger partial charge in [0, 0.05) is 24.2 Å². The van der Waals surface area contributed by atoms with Crippen molar-refractivity contribution in [3.63, 3.8) is 0 Å². The minimum absolute atomic E-state index is 0.152. The van der Waals surface area contributed by atoms with Crippen LogP contribution in [-0.2, 0) is 20.8 Å². The van der Waals surface area contributed by atoms with Crippen LogP contribution in [0.1, 0.15) is 54.4 Å². The molecule has 38 heavy (non-hydrogen) atoms. The highest BCUT2D eigenvalue weighted by Gasteiger charge is 2.41. The quantitative estimate of drug-likeness (QED) is 0.568. The molecule has 2 aromatic rings. The highest BCUT2D eigenvalue weighted by Crippen LogP contribution is 2.33. The molecule has 3 N–H and O–H groups in total. The molecule has 4 rings (SSSR count). The number of alkyl halides is 3. The van der Waals surface area contributed by atoms with E-state index in [2.05, 4.69) is 5.32 Å². The first-order valence-electron chi connectivity index (χ1n) is 12.8. The Bertz CT molecular complexity index is 1250. The van der Waals surface area contributed by atoms with Crippen molar-refractivity contribution in [2.24, 2.45) is 11.7 Å². The van der Waals surface area contributed by atoms with E-state index in [-0.39, 0.29) is 40.1 Å². The van der Waals surface area contributed by atoms with Gasteiger partial charge in [-0.05, 0) is 74.8 Å². The average Bonchev–Trinajstić information content (AvgIpc) is 3.05. The molecule has 1 saturated carbocycles. The summed E-state index contributed by atoms with van der Waals surface area (Å²) in [5, 5.41) is 2.63. The number of rotatable bonds is 6. The number of amides is 2. The second-order valence-electron chi connectivity index (χ2n) is 10.1. The first-order chi connectivity index (χ1) is 18.0. The van der Waals surface area contributed by atoms with Crippen LogP contribution in [0.25, 0.3) is 0 Å². The lowest BCUT2D eigenvalue weighted by molar-refractivity contribution is -0.138. The summed E-state index contributed by atoms with van der Waals surface area (Å²) in [6, 6.07) is 10.8. The normalized spacial score (nSPS) is 25.1. The van der Waals surface area contributed by atoms with Crippen LogP contribution in [0.15, 0.2) is 59.5 Å². The molecule has 2 aromatic carbocycles. The van der Waals surface area contributed by atoms with Gasteiger partial charge in [0.15, 0.2) is 9.84 Å². The van der Waals surface area contributed by atoms with Crippen LogP contribution in [0.4, 0.5) is 13.2 Å². The lowest BCUT2D eigenvalue weighted by atomic mass is 9.82. The summed E-state index contributed by atoms with van der Waals surface area (Å²) in [4.78, 5) is 28.4. The molecule has 206 valence electrons. The van der Waals surface area contributed by atoms with Gasteiger partial charge < -0.3 is 16.0 Å². The summed E-state index contributed by atoms with van der Waals surface area (Å²) in [5.41, 5.74) is 5.08. The molecular formula is C27H32F3N3O4S. The van der Waals surface area contributed by atoms with Gasteiger partial charge in [-0.15, -0.1) is 0 Å². The van der Waals surface area contributed by atoms with Gasteiger partial charge in [0.05, 0.1) is 16.2 Å². The predicted octanol–water partition coefficient (Wildman–Crippen LogP) is 3.79. The zero-order valence-electron chi connectivity index (χ0n) is 20.9. The van der Waals surface area contributed by atoms with Gasteiger partial charge >= 0.3 is 6.18 Å². The van der Waals surface area contributed by atoms with Crippen molar-refractivity contribution >= 4 is 21.7 Å². The summed E-state index contributed by atoms with van der Waals surface area (Å²) >= 11 is 0. The molecule has 1 saturated heterocycles. The smallest absolute Gasteiger partial charge is 0.340 e. The Morgan fingerprint density at radius 2 is 1.76 bits per heavy atom. The summed E-state index contributed by atoms with van der Waals surface area (Å²) in [5.74, 6) is -1.64. The summed E-state index contributed by atoms with van der Waals surface area (Å²) in [7, 11) is -3.62. The fourth-order valence-corrected chi connectivity index (χ4v) is 7.17. The number of halogens is 3. The molecule has 2 amide bonds. The Balaban J connectivity index is 1.53. The fraction of sp³-hybridized carbons (Fsp3) is 0.481. The van der Waals surface area contributed by atoms with Crippen molar-refractivity contribution in [1.29, 1.82) is 0 Å². The molecule has 1 aliphatic heterocycles. The van der Waals surface area contributed by atoms with E-state index >= 15 is 0 Å². The number of nitrogens with two attached hydrogens (primary N) is 1. The molecule has 2 aliphatic rings. The van der Waals surface area contributed by atoms with E-state index in [4.69, 9.17) is 5.73 Å². The van der Waals surface area contributed by atoms with E-state index in [1.807, 2.05) is 0 Å². The zero-order valence-corrected chi connectivity index (χ0v) is 21.7. The van der Waals surface area contributed by atoms with Crippen molar-refractivity contribution < 1.29 is 31.2 Å². The second kappa shape index (κ2) is 11.4. The van der Waals surface area contributed by atoms with Gasteiger partial charge in [-0.2, -0.15) is 13.2 Å². The van der Waals surface area contributed by atoms with Crippen LogP contribution in [0.3, 0.4) is 0 Å². The first kappa shape index (κ1) is 28.1. The second-order valence-corrected chi connectivity index (χ2v) is 12.2. The van der Waals surface area contributed by atoms with E-state index in [0.29, 0.717) is 45.1 Å².